The normalized spacial score (nSPS) is 32.9. The molecule has 2 bridgehead atoms. The summed E-state index contributed by atoms with van der Waals surface area (Å²) < 4.78 is 11.9. The predicted molar refractivity (Wildman–Crippen MR) is 98.6 cm³/mol. The van der Waals surface area contributed by atoms with E-state index in [0.29, 0.717) is 6.42 Å². The van der Waals surface area contributed by atoms with Crippen LogP contribution in [0.3, 0.4) is 0 Å². The SMILES string of the molecule is CC[C@]12C=CCN3CCc4c([nH]c5ccccc45)[C@@](C(=O)OC)(C1)O[C@H]32. The molecule has 1 aromatic heterocycles. The van der Waals surface area contributed by atoms with Crippen LogP contribution in [0.1, 0.15) is 31.0 Å². The Kier molecular flexibility index (Phi) is 3.37. The van der Waals surface area contributed by atoms with Gasteiger partial charge in [-0.15, -0.1) is 0 Å². The number of fused-ring (bicyclic) bond motifs is 5. The molecule has 2 aromatic rings. The van der Waals surface area contributed by atoms with E-state index in [9.17, 15) is 4.79 Å². The van der Waals surface area contributed by atoms with Crippen molar-refractivity contribution in [2.75, 3.05) is 20.2 Å². The fourth-order valence-electron chi connectivity index (χ4n) is 5.22. The Balaban J connectivity index is 1.80. The quantitative estimate of drug-likeness (QED) is 0.667. The van der Waals surface area contributed by atoms with Gasteiger partial charge in [0.25, 0.3) is 0 Å². The third kappa shape index (κ3) is 1.90. The first-order chi connectivity index (χ1) is 12.6. The summed E-state index contributed by atoms with van der Waals surface area (Å²) in [7, 11) is 1.45. The monoisotopic (exact) mass is 352 g/mol. The number of rotatable bonds is 2. The summed E-state index contributed by atoms with van der Waals surface area (Å²) in [6, 6.07) is 8.25. The minimum atomic E-state index is -1.07. The fraction of sp³-hybridized carbons (Fsp3) is 0.476. The molecule has 5 heteroatoms. The van der Waals surface area contributed by atoms with Crippen LogP contribution >= 0.6 is 0 Å². The Morgan fingerprint density at radius 3 is 3.08 bits per heavy atom. The Morgan fingerprint density at radius 2 is 2.27 bits per heavy atom. The molecule has 5 rings (SSSR count). The summed E-state index contributed by atoms with van der Waals surface area (Å²) in [4.78, 5) is 19.0. The molecule has 0 amide bonds. The van der Waals surface area contributed by atoms with Crippen LogP contribution in [0.15, 0.2) is 36.4 Å². The number of carbonyl (C=O) groups excluding carboxylic acids is 1. The van der Waals surface area contributed by atoms with Crippen LogP contribution in [-0.2, 0) is 26.3 Å². The number of esters is 1. The molecule has 1 aromatic carbocycles. The average Bonchev–Trinajstić information content (AvgIpc) is 3.22. The standard InChI is InChI=1S/C21H24N2O3/c1-3-20-10-6-11-23-12-9-15-14-7-4-5-8-16(14)22-17(15)21(13-20,19(24)25-2)26-18(20)23/h4-8,10,18,22H,3,9,11-13H2,1-2H3/t18-,20-,21+/m0/s1. The molecule has 0 saturated carbocycles. The summed E-state index contributed by atoms with van der Waals surface area (Å²) >= 11 is 0. The lowest BCUT2D eigenvalue weighted by Crippen LogP contribution is -2.49. The van der Waals surface area contributed by atoms with Crippen molar-refractivity contribution < 1.29 is 14.3 Å². The molecule has 0 aliphatic carbocycles. The van der Waals surface area contributed by atoms with Gasteiger partial charge < -0.3 is 14.5 Å². The third-order valence-electron chi connectivity index (χ3n) is 6.54. The highest BCUT2D eigenvalue weighted by Gasteiger charge is 2.63. The molecule has 0 spiro atoms. The van der Waals surface area contributed by atoms with Crippen LogP contribution in [0.2, 0.25) is 0 Å². The van der Waals surface area contributed by atoms with Crippen molar-refractivity contribution in [2.45, 2.75) is 38.0 Å². The lowest BCUT2D eigenvalue weighted by Gasteiger charge is -2.41. The van der Waals surface area contributed by atoms with Gasteiger partial charge in [0.1, 0.15) is 6.23 Å². The molecular formula is C21H24N2O3. The van der Waals surface area contributed by atoms with Crippen LogP contribution in [0.5, 0.6) is 0 Å². The maximum Gasteiger partial charge on any atom is 0.344 e. The van der Waals surface area contributed by atoms with E-state index in [1.165, 1.54) is 18.1 Å². The Morgan fingerprint density at radius 1 is 1.42 bits per heavy atom. The van der Waals surface area contributed by atoms with E-state index in [0.717, 1.165) is 37.1 Å². The van der Waals surface area contributed by atoms with E-state index in [4.69, 9.17) is 9.47 Å². The van der Waals surface area contributed by atoms with Crippen LogP contribution < -0.4 is 0 Å². The molecule has 3 aliphatic rings. The summed E-state index contributed by atoms with van der Waals surface area (Å²) in [6.45, 7) is 3.96. The number of aromatic amines is 1. The van der Waals surface area contributed by atoms with Gasteiger partial charge in [-0.05, 0) is 24.5 Å². The van der Waals surface area contributed by atoms with Gasteiger partial charge in [0.2, 0.25) is 5.60 Å². The summed E-state index contributed by atoms with van der Waals surface area (Å²) in [6.07, 6.45) is 6.85. The topological polar surface area (TPSA) is 54.6 Å². The number of aromatic nitrogens is 1. The van der Waals surface area contributed by atoms with E-state index in [2.05, 4.69) is 41.1 Å². The molecule has 136 valence electrons. The summed E-state index contributed by atoms with van der Waals surface area (Å²) in [5, 5.41) is 1.17. The van der Waals surface area contributed by atoms with Gasteiger partial charge >= 0.3 is 5.97 Å². The highest BCUT2D eigenvalue weighted by Crippen LogP contribution is 2.56. The van der Waals surface area contributed by atoms with Gasteiger partial charge in [0.05, 0.1) is 12.8 Å². The number of nitrogens with one attached hydrogen (secondary N) is 1. The Labute approximate surface area is 153 Å². The van der Waals surface area contributed by atoms with Crippen molar-refractivity contribution >= 4 is 16.9 Å². The molecule has 1 fully saturated rings. The predicted octanol–water partition coefficient (Wildman–Crippen LogP) is 3.11. The zero-order valence-corrected chi connectivity index (χ0v) is 15.2. The molecule has 3 aliphatic heterocycles. The number of hydrogen-bond donors (Lipinski definition) is 1. The van der Waals surface area contributed by atoms with Crippen molar-refractivity contribution in [3.05, 3.63) is 47.7 Å². The van der Waals surface area contributed by atoms with Crippen molar-refractivity contribution in [3.63, 3.8) is 0 Å². The highest BCUT2D eigenvalue weighted by atomic mass is 16.6. The number of benzene rings is 1. The Bertz CT molecular complexity index is 917. The van der Waals surface area contributed by atoms with Gasteiger partial charge in [-0.3, -0.25) is 4.90 Å². The zero-order valence-electron chi connectivity index (χ0n) is 15.2. The van der Waals surface area contributed by atoms with Gasteiger partial charge in [0, 0.05) is 35.8 Å². The van der Waals surface area contributed by atoms with Crippen LogP contribution in [0.25, 0.3) is 10.9 Å². The van der Waals surface area contributed by atoms with E-state index in [-0.39, 0.29) is 17.6 Å². The largest absolute Gasteiger partial charge is 0.467 e. The second-order valence-corrected chi connectivity index (χ2v) is 7.72. The van der Waals surface area contributed by atoms with E-state index in [1.807, 2.05) is 12.1 Å². The number of H-pyrrole nitrogens is 1. The summed E-state index contributed by atoms with van der Waals surface area (Å²) in [5.74, 6) is -0.303. The molecule has 1 N–H and O–H groups in total. The van der Waals surface area contributed by atoms with Gasteiger partial charge in [-0.25, -0.2) is 4.79 Å². The molecular weight excluding hydrogens is 328 g/mol. The lowest BCUT2D eigenvalue weighted by molar-refractivity contribution is -0.182. The average molecular weight is 352 g/mol. The minimum Gasteiger partial charge on any atom is -0.467 e. The first-order valence-electron chi connectivity index (χ1n) is 9.41. The smallest absolute Gasteiger partial charge is 0.344 e. The number of hydrogen-bond acceptors (Lipinski definition) is 4. The first kappa shape index (κ1) is 16.1. The van der Waals surface area contributed by atoms with Gasteiger partial charge in [-0.1, -0.05) is 37.3 Å². The van der Waals surface area contributed by atoms with Gasteiger partial charge in [-0.2, -0.15) is 0 Å². The summed E-state index contributed by atoms with van der Waals surface area (Å²) in [5.41, 5.74) is 1.89. The van der Waals surface area contributed by atoms with Crippen molar-refractivity contribution in [3.8, 4) is 0 Å². The second kappa shape index (κ2) is 5.44. The van der Waals surface area contributed by atoms with Crippen LogP contribution in [-0.4, -0.2) is 42.3 Å². The number of methoxy groups -OCH3 is 1. The van der Waals surface area contributed by atoms with Crippen molar-refractivity contribution in [1.29, 1.82) is 0 Å². The molecule has 0 unspecified atom stereocenters. The van der Waals surface area contributed by atoms with Crippen molar-refractivity contribution in [1.82, 2.24) is 9.88 Å². The molecule has 5 nitrogen and oxygen atoms in total. The van der Waals surface area contributed by atoms with Crippen molar-refractivity contribution in [2.24, 2.45) is 5.41 Å². The fourth-order valence-corrected chi connectivity index (χ4v) is 5.22. The Hall–Kier alpha value is -2.11. The highest BCUT2D eigenvalue weighted by molar-refractivity contribution is 5.90. The van der Waals surface area contributed by atoms with E-state index in [1.54, 1.807) is 0 Å². The number of carbonyl (C=O) groups is 1. The second-order valence-electron chi connectivity index (χ2n) is 7.72. The maximum atomic E-state index is 13.1. The van der Waals surface area contributed by atoms with Gasteiger partial charge in [0.15, 0.2) is 0 Å². The maximum absolute atomic E-state index is 13.1. The minimum absolute atomic E-state index is 0.0869. The molecule has 3 atom stereocenters. The third-order valence-corrected chi connectivity index (χ3v) is 6.54. The lowest BCUT2D eigenvalue weighted by atomic mass is 9.74. The van der Waals surface area contributed by atoms with Crippen LogP contribution in [0, 0.1) is 5.41 Å². The molecule has 0 radical (unpaired) electrons. The van der Waals surface area contributed by atoms with E-state index < -0.39 is 5.60 Å². The number of para-hydroxylation sites is 1. The van der Waals surface area contributed by atoms with Crippen LogP contribution in [0.4, 0.5) is 0 Å². The molecule has 1 saturated heterocycles. The first-order valence-corrected chi connectivity index (χ1v) is 9.41. The number of nitrogens with zero attached hydrogens (tertiary/aromatic N) is 1. The molecule has 4 heterocycles. The van der Waals surface area contributed by atoms with E-state index >= 15 is 0 Å². The number of ether oxygens (including phenoxy) is 2. The molecule has 26 heavy (non-hydrogen) atoms. The zero-order chi connectivity index (χ0) is 17.9.